The summed E-state index contributed by atoms with van der Waals surface area (Å²) in [4.78, 5) is 16.5. The van der Waals surface area contributed by atoms with Crippen LogP contribution < -0.4 is 0 Å². The van der Waals surface area contributed by atoms with E-state index >= 15 is 0 Å². The van der Waals surface area contributed by atoms with Crippen molar-refractivity contribution in [3.05, 3.63) is 106 Å². The Morgan fingerprint density at radius 2 is 1.71 bits per heavy atom. The summed E-state index contributed by atoms with van der Waals surface area (Å²) in [5.74, 6) is -0.0662. The molecule has 1 unspecified atom stereocenters. The van der Waals surface area contributed by atoms with Gasteiger partial charge in [-0.3, -0.25) is 9.89 Å². The van der Waals surface area contributed by atoms with E-state index in [1.54, 1.807) is 11.8 Å². The van der Waals surface area contributed by atoms with Gasteiger partial charge in [-0.2, -0.15) is 5.10 Å². The predicted molar refractivity (Wildman–Crippen MR) is 125 cm³/mol. The van der Waals surface area contributed by atoms with Crippen molar-refractivity contribution in [1.82, 2.24) is 15.1 Å². The quantitative estimate of drug-likeness (QED) is 0.372. The van der Waals surface area contributed by atoms with Crippen molar-refractivity contribution in [2.75, 3.05) is 6.26 Å². The van der Waals surface area contributed by atoms with E-state index in [9.17, 15) is 4.79 Å². The van der Waals surface area contributed by atoms with Crippen molar-refractivity contribution in [2.24, 2.45) is 0 Å². The van der Waals surface area contributed by atoms with Crippen LogP contribution >= 0.6 is 23.4 Å². The predicted octanol–water partition coefficient (Wildman–Crippen LogP) is 6.20. The first-order chi connectivity index (χ1) is 15.2. The molecule has 6 heteroatoms. The summed E-state index contributed by atoms with van der Waals surface area (Å²) >= 11 is 8.13. The number of fused-ring (bicyclic) bond motifs is 1. The zero-order valence-corrected chi connectivity index (χ0v) is 18.5. The average molecular weight is 446 g/mol. The largest absolute Gasteiger partial charge is 0.322 e. The number of amides is 1. The van der Waals surface area contributed by atoms with Crippen LogP contribution in [0.3, 0.4) is 0 Å². The molecule has 0 radical (unpaired) electrons. The van der Waals surface area contributed by atoms with Crippen molar-refractivity contribution in [2.45, 2.75) is 17.5 Å². The van der Waals surface area contributed by atoms with Crippen LogP contribution in [0.2, 0.25) is 5.02 Å². The van der Waals surface area contributed by atoms with Gasteiger partial charge in [0.15, 0.2) is 0 Å². The van der Waals surface area contributed by atoms with E-state index in [4.69, 9.17) is 11.6 Å². The van der Waals surface area contributed by atoms with Crippen LogP contribution in [0, 0.1) is 0 Å². The van der Waals surface area contributed by atoms with Crippen molar-refractivity contribution in [3.8, 4) is 11.3 Å². The van der Waals surface area contributed by atoms with Crippen LogP contribution in [0.4, 0.5) is 0 Å². The van der Waals surface area contributed by atoms with Crippen LogP contribution in [-0.4, -0.2) is 27.3 Å². The zero-order chi connectivity index (χ0) is 21.4. The third kappa shape index (κ3) is 3.54. The topological polar surface area (TPSA) is 49.0 Å². The van der Waals surface area contributed by atoms with E-state index in [0.29, 0.717) is 17.3 Å². The van der Waals surface area contributed by atoms with E-state index in [0.717, 1.165) is 27.9 Å². The summed E-state index contributed by atoms with van der Waals surface area (Å²) in [6.07, 6.45) is 2.06. The Morgan fingerprint density at radius 3 is 2.42 bits per heavy atom. The van der Waals surface area contributed by atoms with Crippen LogP contribution in [0.1, 0.15) is 33.2 Å². The molecule has 1 aliphatic heterocycles. The molecule has 31 heavy (non-hydrogen) atoms. The molecule has 0 saturated heterocycles. The third-order valence-electron chi connectivity index (χ3n) is 5.64. The number of thioether (sulfide) groups is 1. The van der Waals surface area contributed by atoms with Crippen LogP contribution in [-0.2, 0) is 6.54 Å². The lowest BCUT2D eigenvalue weighted by molar-refractivity contribution is 0.0730. The second kappa shape index (κ2) is 8.25. The van der Waals surface area contributed by atoms with Gasteiger partial charge in [0.05, 0.1) is 11.7 Å². The summed E-state index contributed by atoms with van der Waals surface area (Å²) < 4.78 is 0. The van der Waals surface area contributed by atoms with E-state index in [2.05, 4.69) is 40.7 Å². The van der Waals surface area contributed by atoms with Crippen molar-refractivity contribution in [1.29, 1.82) is 0 Å². The number of aromatic amines is 1. The summed E-state index contributed by atoms with van der Waals surface area (Å²) in [5.41, 5.74) is 5.23. The maximum Gasteiger partial charge on any atom is 0.273 e. The molecule has 4 aromatic rings. The van der Waals surface area contributed by atoms with Gasteiger partial charge in [-0.05, 0) is 35.6 Å². The van der Waals surface area contributed by atoms with Gasteiger partial charge >= 0.3 is 0 Å². The molecular weight excluding hydrogens is 426 g/mol. The summed E-state index contributed by atoms with van der Waals surface area (Å²) in [5, 5.41) is 8.19. The normalized spacial score (nSPS) is 15.4. The molecular formula is C25H20ClN3OS. The van der Waals surface area contributed by atoms with E-state index in [1.807, 2.05) is 59.5 Å². The lowest BCUT2D eigenvalue weighted by Crippen LogP contribution is -2.29. The van der Waals surface area contributed by atoms with Gasteiger partial charge in [-0.1, -0.05) is 72.3 Å². The lowest BCUT2D eigenvalue weighted by Gasteiger charge is -2.27. The van der Waals surface area contributed by atoms with E-state index < -0.39 is 0 Å². The number of aromatic nitrogens is 2. The minimum atomic E-state index is -0.247. The molecule has 1 N–H and O–H groups in total. The summed E-state index contributed by atoms with van der Waals surface area (Å²) in [6, 6.07) is 25.8. The van der Waals surface area contributed by atoms with Crippen molar-refractivity contribution < 1.29 is 4.79 Å². The Hall–Kier alpha value is -3.02. The molecule has 4 nitrogen and oxygen atoms in total. The molecule has 154 valence electrons. The Labute approximate surface area is 190 Å². The molecule has 5 rings (SSSR count). The van der Waals surface area contributed by atoms with Gasteiger partial charge < -0.3 is 4.90 Å². The highest BCUT2D eigenvalue weighted by Crippen LogP contribution is 2.44. The summed E-state index contributed by atoms with van der Waals surface area (Å²) in [7, 11) is 0. The second-order valence-electron chi connectivity index (χ2n) is 7.43. The van der Waals surface area contributed by atoms with Gasteiger partial charge in [-0.15, -0.1) is 11.8 Å². The van der Waals surface area contributed by atoms with Crippen LogP contribution in [0.5, 0.6) is 0 Å². The number of carbonyl (C=O) groups excluding carboxylic acids is 1. The molecule has 0 aliphatic carbocycles. The third-order valence-corrected chi connectivity index (χ3v) is 6.75. The highest BCUT2D eigenvalue weighted by Gasteiger charge is 2.42. The Bertz CT molecular complexity index is 1240. The monoisotopic (exact) mass is 445 g/mol. The Kier molecular flexibility index (Phi) is 5.30. The minimum Gasteiger partial charge on any atom is -0.322 e. The Balaban J connectivity index is 1.65. The number of carbonyl (C=O) groups is 1. The van der Waals surface area contributed by atoms with Gasteiger partial charge in [0.2, 0.25) is 0 Å². The zero-order valence-electron chi connectivity index (χ0n) is 16.9. The van der Waals surface area contributed by atoms with E-state index in [-0.39, 0.29) is 11.9 Å². The van der Waals surface area contributed by atoms with E-state index in [1.165, 1.54) is 4.90 Å². The van der Waals surface area contributed by atoms with Crippen LogP contribution in [0.15, 0.2) is 83.8 Å². The van der Waals surface area contributed by atoms with Gasteiger partial charge in [0, 0.05) is 27.6 Å². The highest BCUT2D eigenvalue weighted by atomic mass is 35.5. The average Bonchev–Trinajstić information content (AvgIpc) is 3.35. The maximum absolute atomic E-state index is 13.5. The second-order valence-corrected chi connectivity index (χ2v) is 8.71. The molecule has 2 heterocycles. The first-order valence-corrected chi connectivity index (χ1v) is 11.6. The molecule has 1 aromatic heterocycles. The number of nitrogens with one attached hydrogen (secondary N) is 1. The molecule has 0 saturated carbocycles. The molecule has 1 atom stereocenters. The summed E-state index contributed by atoms with van der Waals surface area (Å²) in [6.45, 7) is 0.421. The molecule has 1 amide bonds. The number of benzene rings is 3. The fourth-order valence-corrected chi connectivity index (χ4v) is 4.72. The first-order valence-electron chi connectivity index (χ1n) is 9.99. The van der Waals surface area contributed by atoms with Crippen molar-refractivity contribution in [3.63, 3.8) is 0 Å². The number of H-pyrrole nitrogens is 1. The first kappa shape index (κ1) is 19.9. The number of rotatable bonds is 5. The molecule has 0 fully saturated rings. The van der Waals surface area contributed by atoms with Crippen molar-refractivity contribution >= 4 is 29.3 Å². The lowest BCUT2D eigenvalue weighted by atomic mass is 9.96. The smallest absolute Gasteiger partial charge is 0.273 e. The highest BCUT2D eigenvalue weighted by molar-refractivity contribution is 7.98. The standard InChI is InChI=1S/C25H20ClN3OS/c1-31-19-13-11-17(12-14-19)24-21-22(16-7-3-2-4-8-16)27-28-23(21)25(30)29(24)15-18-9-5-6-10-20(18)26/h2-14,24H,15H2,1H3,(H,27,28). The number of hydrogen-bond donors (Lipinski definition) is 1. The molecule has 3 aromatic carbocycles. The minimum absolute atomic E-state index is 0.0662. The van der Waals surface area contributed by atoms with Crippen LogP contribution in [0.25, 0.3) is 11.3 Å². The van der Waals surface area contributed by atoms with Gasteiger partial charge in [0.1, 0.15) is 5.69 Å². The molecule has 1 aliphatic rings. The number of halogens is 1. The fraction of sp³-hybridized carbons (Fsp3) is 0.120. The Morgan fingerprint density at radius 1 is 1.00 bits per heavy atom. The number of nitrogens with zero attached hydrogens (tertiary/aromatic N) is 2. The SMILES string of the molecule is CSc1ccc(C2c3c(-c4ccccc4)n[nH]c3C(=O)N2Cc2ccccc2Cl)cc1. The molecule has 0 bridgehead atoms. The molecule has 0 spiro atoms. The van der Waals surface area contributed by atoms with Gasteiger partial charge in [0.25, 0.3) is 5.91 Å². The number of hydrogen-bond acceptors (Lipinski definition) is 3. The fourth-order valence-electron chi connectivity index (χ4n) is 4.12. The van der Waals surface area contributed by atoms with Gasteiger partial charge in [-0.25, -0.2) is 0 Å². The maximum atomic E-state index is 13.5.